The second-order valence-corrected chi connectivity index (χ2v) is 12.3. The number of amides is 1. The number of halogens is 1. The zero-order valence-electron chi connectivity index (χ0n) is 24.4. The number of nitrogens with zero attached hydrogens (tertiary/aromatic N) is 1. The second-order valence-electron chi connectivity index (χ2n) is 11.9. The summed E-state index contributed by atoms with van der Waals surface area (Å²) in [6.07, 6.45) is 4.80. The molecule has 2 fully saturated rings. The third-order valence-electron chi connectivity index (χ3n) is 8.58. The van der Waals surface area contributed by atoms with Gasteiger partial charge in [0.15, 0.2) is 11.5 Å². The molecule has 1 amide bonds. The molecule has 2 saturated heterocycles. The van der Waals surface area contributed by atoms with Gasteiger partial charge in [-0.3, -0.25) is 4.79 Å². The van der Waals surface area contributed by atoms with Gasteiger partial charge in [0, 0.05) is 22.8 Å². The molecule has 0 spiro atoms. The molecular weight excluding hydrogens is 536 g/mol. The molecule has 0 aliphatic carbocycles. The van der Waals surface area contributed by atoms with Crippen molar-refractivity contribution in [2.45, 2.75) is 83.2 Å². The second kappa shape index (κ2) is 12.4. The van der Waals surface area contributed by atoms with E-state index < -0.39 is 5.60 Å². The number of benzene rings is 3. The van der Waals surface area contributed by atoms with Crippen LogP contribution in [0.4, 0.5) is 5.69 Å². The maximum atomic E-state index is 13.0. The van der Waals surface area contributed by atoms with Crippen LogP contribution in [-0.2, 0) is 23.4 Å². The summed E-state index contributed by atoms with van der Waals surface area (Å²) in [6, 6.07) is 22.3. The van der Waals surface area contributed by atoms with Crippen LogP contribution in [0.2, 0.25) is 5.02 Å². The lowest BCUT2D eigenvalue weighted by molar-refractivity contribution is -0.118. The first kappa shape index (κ1) is 29.4. The first-order chi connectivity index (χ1) is 19.6. The van der Waals surface area contributed by atoms with Crippen LogP contribution in [0.25, 0.3) is 0 Å². The Morgan fingerprint density at radius 3 is 2.17 bits per heavy atom. The number of ether oxygens (including phenoxy) is 2. The minimum atomic E-state index is -0.875. The molecule has 3 unspecified atom stereocenters. The van der Waals surface area contributed by atoms with Crippen molar-refractivity contribution in [1.29, 1.82) is 0 Å². The number of hydrogen-bond acceptors (Lipinski definition) is 5. The Hall–Kier alpha value is -3.06. The minimum Gasteiger partial charge on any atom is -0.493 e. The molecule has 3 aromatic carbocycles. The molecule has 218 valence electrons. The highest BCUT2D eigenvalue weighted by Gasteiger charge is 2.42. The molecule has 0 aromatic heterocycles. The largest absolute Gasteiger partial charge is 0.493 e. The summed E-state index contributed by atoms with van der Waals surface area (Å²) in [5, 5.41) is 15.9. The smallest absolute Gasteiger partial charge is 0.231 e. The van der Waals surface area contributed by atoms with Gasteiger partial charge in [0.2, 0.25) is 5.91 Å². The van der Waals surface area contributed by atoms with Gasteiger partial charge in [0.25, 0.3) is 0 Å². The van der Waals surface area contributed by atoms with E-state index in [0.29, 0.717) is 36.5 Å². The van der Waals surface area contributed by atoms with E-state index in [9.17, 15) is 9.90 Å². The van der Waals surface area contributed by atoms with Crippen molar-refractivity contribution in [3.05, 3.63) is 88.4 Å². The van der Waals surface area contributed by atoms with Crippen molar-refractivity contribution >= 4 is 23.2 Å². The molecule has 3 heterocycles. The quantitative estimate of drug-likeness (QED) is 0.344. The van der Waals surface area contributed by atoms with E-state index in [-0.39, 0.29) is 17.9 Å². The van der Waals surface area contributed by atoms with Crippen molar-refractivity contribution in [2.75, 3.05) is 12.0 Å². The van der Waals surface area contributed by atoms with Crippen molar-refractivity contribution in [3.63, 3.8) is 0 Å². The van der Waals surface area contributed by atoms with Crippen molar-refractivity contribution < 1.29 is 19.4 Å². The molecule has 0 radical (unpaired) electrons. The predicted octanol–water partition coefficient (Wildman–Crippen LogP) is 6.65. The molecule has 7 heteroatoms. The van der Waals surface area contributed by atoms with Crippen LogP contribution < -0.4 is 19.7 Å². The highest BCUT2D eigenvalue weighted by atomic mass is 35.5. The zero-order valence-corrected chi connectivity index (χ0v) is 25.2. The average Bonchev–Trinajstić information content (AvgIpc) is 3.29. The zero-order chi connectivity index (χ0) is 29.1. The summed E-state index contributed by atoms with van der Waals surface area (Å²) in [5.74, 6) is 1.66. The van der Waals surface area contributed by atoms with Crippen LogP contribution >= 0.6 is 11.6 Å². The summed E-state index contributed by atoms with van der Waals surface area (Å²) in [6.45, 7) is 6.41. The monoisotopic (exact) mass is 576 g/mol. The summed E-state index contributed by atoms with van der Waals surface area (Å²) < 4.78 is 11.4. The van der Waals surface area contributed by atoms with Gasteiger partial charge in [-0.05, 0) is 105 Å². The van der Waals surface area contributed by atoms with Gasteiger partial charge < -0.3 is 24.8 Å². The van der Waals surface area contributed by atoms with Crippen LogP contribution in [0.5, 0.6) is 11.5 Å². The number of hydrogen-bond donors (Lipinski definition) is 2. The van der Waals surface area contributed by atoms with Gasteiger partial charge in [-0.25, -0.2) is 0 Å². The van der Waals surface area contributed by atoms with Gasteiger partial charge >= 0.3 is 0 Å². The normalized spacial score (nSPS) is 22.9. The van der Waals surface area contributed by atoms with Crippen molar-refractivity contribution in [3.8, 4) is 11.5 Å². The Morgan fingerprint density at radius 2 is 1.61 bits per heavy atom. The number of carbonyl (C=O) groups is 1. The Bertz CT molecular complexity index is 1330. The van der Waals surface area contributed by atoms with Gasteiger partial charge in [-0.2, -0.15) is 0 Å². The molecule has 3 aromatic rings. The topological polar surface area (TPSA) is 71.0 Å². The van der Waals surface area contributed by atoms with Crippen LogP contribution in [0, 0.1) is 5.92 Å². The summed E-state index contributed by atoms with van der Waals surface area (Å²) in [7, 11) is 1.62. The number of methoxy groups -OCH3 is 1. The molecular formula is C34H41ClN2O4. The van der Waals surface area contributed by atoms with Gasteiger partial charge in [-0.15, -0.1) is 0 Å². The molecule has 3 aliphatic rings. The number of fused-ring (bicyclic) bond motifs is 3. The van der Waals surface area contributed by atoms with Crippen LogP contribution in [0.15, 0.2) is 66.7 Å². The lowest BCUT2D eigenvalue weighted by atomic mass is 9.75. The summed E-state index contributed by atoms with van der Waals surface area (Å²) in [4.78, 5) is 14.8. The third-order valence-corrected chi connectivity index (χ3v) is 8.84. The number of aliphatic hydroxyl groups is 1. The SMILES string of the molecule is COc1cc2c(cc1OC(C)C)CN(c1ccc(C(C)(O)C3CC4CCC(C3)N4)cc1)C(=O)C2.Clc1ccccc1. The fourth-order valence-corrected chi connectivity index (χ4v) is 6.50. The molecule has 2 bridgehead atoms. The lowest BCUT2D eigenvalue weighted by Gasteiger charge is -2.39. The standard InChI is InChI=1S/C28H36N2O4.C6H5Cl/c1-17(2)34-26-12-19-16-30(27(31)13-18(19)11-25(26)33-4)24-9-5-20(6-10-24)28(3,32)21-14-22-7-8-23(15-21)29-22;7-6-4-2-1-3-5-6/h5-6,9-12,17,21-23,29,32H,7-8,13-16H2,1-4H3;1-5H. The van der Waals surface area contributed by atoms with E-state index in [1.54, 1.807) is 7.11 Å². The molecule has 0 saturated carbocycles. The number of anilines is 1. The highest BCUT2D eigenvalue weighted by Crippen LogP contribution is 2.42. The molecule has 6 nitrogen and oxygen atoms in total. The summed E-state index contributed by atoms with van der Waals surface area (Å²) >= 11 is 5.54. The maximum Gasteiger partial charge on any atom is 0.231 e. The van der Waals surface area contributed by atoms with E-state index in [1.807, 2.05) is 92.4 Å². The van der Waals surface area contributed by atoms with Gasteiger partial charge in [-0.1, -0.05) is 41.9 Å². The van der Waals surface area contributed by atoms with E-state index in [1.165, 1.54) is 12.8 Å². The van der Waals surface area contributed by atoms with E-state index in [4.69, 9.17) is 21.1 Å². The molecule has 41 heavy (non-hydrogen) atoms. The third kappa shape index (κ3) is 6.72. The van der Waals surface area contributed by atoms with Crippen molar-refractivity contribution in [1.82, 2.24) is 5.32 Å². The summed E-state index contributed by atoms with van der Waals surface area (Å²) in [5.41, 5.74) is 2.94. The highest BCUT2D eigenvalue weighted by molar-refractivity contribution is 6.30. The Balaban J connectivity index is 0.000000423. The fraction of sp³-hybridized carbons (Fsp3) is 0.441. The fourth-order valence-electron chi connectivity index (χ4n) is 6.36. The van der Waals surface area contributed by atoms with Crippen molar-refractivity contribution in [2.24, 2.45) is 5.92 Å². The van der Waals surface area contributed by atoms with Crippen LogP contribution in [0.1, 0.15) is 63.1 Å². The van der Waals surface area contributed by atoms with Crippen LogP contribution in [0.3, 0.4) is 0 Å². The number of rotatable bonds is 6. The Labute approximate surface area is 248 Å². The van der Waals surface area contributed by atoms with Crippen LogP contribution in [-0.4, -0.2) is 36.3 Å². The Kier molecular flexibility index (Phi) is 8.93. The molecule has 3 aliphatic heterocycles. The van der Waals surface area contributed by atoms with E-state index in [2.05, 4.69) is 5.32 Å². The Morgan fingerprint density at radius 1 is 0.976 bits per heavy atom. The number of piperidine rings is 1. The first-order valence-corrected chi connectivity index (χ1v) is 15.0. The first-order valence-electron chi connectivity index (χ1n) is 14.6. The number of nitrogens with one attached hydrogen (secondary N) is 1. The molecule has 3 atom stereocenters. The van der Waals surface area contributed by atoms with E-state index in [0.717, 1.165) is 40.2 Å². The predicted molar refractivity (Wildman–Crippen MR) is 164 cm³/mol. The minimum absolute atomic E-state index is 0.0313. The van der Waals surface area contributed by atoms with Gasteiger partial charge in [0.05, 0.1) is 31.8 Å². The maximum absolute atomic E-state index is 13.0. The lowest BCUT2D eigenvalue weighted by Crippen LogP contribution is -2.45. The average molecular weight is 577 g/mol. The molecule has 2 N–H and O–H groups in total. The van der Waals surface area contributed by atoms with E-state index >= 15 is 0 Å². The van der Waals surface area contributed by atoms with Gasteiger partial charge in [0.1, 0.15) is 0 Å². The molecule has 6 rings (SSSR count). The number of carbonyl (C=O) groups excluding carboxylic acids is 1.